The van der Waals surface area contributed by atoms with Gasteiger partial charge in [0.05, 0.1) is 11.2 Å². The molecule has 4 aliphatic heterocycles. The SMILES string of the molecule is CC1CCCC1C1(CP)C2(C)CC3(C)OC(C)(CC1(C)O3)O2. The van der Waals surface area contributed by atoms with Crippen LogP contribution in [0.3, 0.4) is 0 Å². The van der Waals surface area contributed by atoms with Gasteiger partial charge in [0.15, 0.2) is 11.6 Å². The van der Waals surface area contributed by atoms with Gasteiger partial charge in [-0.15, -0.1) is 9.24 Å². The molecule has 4 saturated heterocycles. The summed E-state index contributed by atoms with van der Waals surface area (Å²) < 4.78 is 19.6. The van der Waals surface area contributed by atoms with Gasteiger partial charge in [-0.1, -0.05) is 19.8 Å². The van der Waals surface area contributed by atoms with Gasteiger partial charge in [0.1, 0.15) is 0 Å². The summed E-state index contributed by atoms with van der Waals surface area (Å²) in [5.74, 6) is 0.424. The molecule has 7 atom stereocenters. The molecule has 0 amide bonds. The van der Waals surface area contributed by atoms with Crippen LogP contribution in [0.5, 0.6) is 0 Å². The fraction of sp³-hybridized carbons (Fsp3) is 1.00. The number of ether oxygens (including phenoxy) is 3. The van der Waals surface area contributed by atoms with Crippen LogP contribution in [0.4, 0.5) is 0 Å². The first-order chi connectivity index (χ1) is 10.1. The molecule has 4 heterocycles. The lowest BCUT2D eigenvalue weighted by molar-refractivity contribution is -0.548. The van der Waals surface area contributed by atoms with Crippen molar-refractivity contribution in [3.63, 3.8) is 0 Å². The smallest absolute Gasteiger partial charge is 0.172 e. The van der Waals surface area contributed by atoms with E-state index in [0.717, 1.165) is 24.9 Å². The van der Waals surface area contributed by atoms with Gasteiger partial charge in [-0.25, -0.2) is 0 Å². The molecule has 0 aromatic heterocycles. The molecule has 1 aliphatic carbocycles. The van der Waals surface area contributed by atoms with Crippen LogP contribution in [0.15, 0.2) is 0 Å². The molecule has 1 saturated carbocycles. The maximum Gasteiger partial charge on any atom is 0.172 e. The fourth-order valence-corrected chi connectivity index (χ4v) is 8.36. The van der Waals surface area contributed by atoms with E-state index in [2.05, 4.69) is 43.9 Å². The first-order valence-electron chi connectivity index (χ1n) is 8.92. The van der Waals surface area contributed by atoms with E-state index in [9.17, 15) is 0 Å². The molecular weight excluding hydrogens is 295 g/mol. The topological polar surface area (TPSA) is 27.7 Å². The molecule has 22 heavy (non-hydrogen) atoms. The van der Waals surface area contributed by atoms with Gasteiger partial charge in [-0.05, 0) is 52.1 Å². The molecule has 4 heteroatoms. The third-order valence-electron chi connectivity index (χ3n) is 7.33. The second-order valence-electron chi connectivity index (χ2n) is 9.08. The summed E-state index contributed by atoms with van der Waals surface area (Å²) >= 11 is 0. The van der Waals surface area contributed by atoms with Gasteiger partial charge in [-0.3, -0.25) is 0 Å². The molecule has 3 nitrogen and oxygen atoms in total. The predicted molar refractivity (Wildman–Crippen MR) is 89.6 cm³/mol. The summed E-state index contributed by atoms with van der Waals surface area (Å²) in [5, 5.41) is 0. The zero-order chi connectivity index (χ0) is 16.0. The van der Waals surface area contributed by atoms with E-state index in [0.29, 0.717) is 5.92 Å². The Labute approximate surface area is 137 Å². The van der Waals surface area contributed by atoms with E-state index in [-0.39, 0.29) is 16.6 Å². The minimum atomic E-state index is -0.500. The van der Waals surface area contributed by atoms with Crippen LogP contribution in [0.1, 0.15) is 66.7 Å². The Kier molecular flexibility index (Phi) is 3.08. The van der Waals surface area contributed by atoms with Crippen molar-refractivity contribution in [2.45, 2.75) is 89.5 Å². The van der Waals surface area contributed by atoms with E-state index in [4.69, 9.17) is 14.2 Å². The number of hydrogen-bond donors (Lipinski definition) is 0. The summed E-state index contributed by atoms with van der Waals surface area (Å²) in [5.41, 5.74) is -0.292. The van der Waals surface area contributed by atoms with Crippen LogP contribution in [0.2, 0.25) is 0 Å². The molecule has 4 bridgehead atoms. The van der Waals surface area contributed by atoms with Crippen molar-refractivity contribution in [1.82, 2.24) is 0 Å². The maximum absolute atomic E-state index is 6.68. The molecule has 0 N–H and O–H groups in total. The van der Waals surface area contributed by atoms with E-state index in [1.165, 1.54) is 19.3 Å². The third kappa shape index (κ3) is 1.67. The molecule has 5 rings (SSSR count). The monoisotopic (exact) mass is 326 g/mol. The van der Waals surface area contributed by atoms with Crippen molar-refractivity contribution >= 4 is 9.24 Å². The number of hydrogen-bond acceptors (Lipinski definition) is 3. The lowest BCUT2D eigenvalue weighted by Crippen LogP contribution is -2.83. The van der Waals surface area contributed by atoms with Crippen molar-refractivity contribution in [3.05, 3.63) is 0 Å². The van der Waals surface area contributed by atoms with Gasteiger partial charge in [0.25, 0.3) is 0 Å². The lowest BCUT2D eigenvalue weighted by Gasteiger charge is -2.76. The molecule has 5 aliphatic rings. The van der Waals surface area contributed by atoms with Crippen LogP contribution >= 0.6 is 9.24 Å². The van der Waals surface area contributed by atoms with Crippen molar-refractivity contribution < 1.29 is 14.2 Å². The van der Waals surface area contributed by atoms with Crippen molar-refractivity contribution in [2.24, 2.45) is 17.3 Å². The average molecular weight is 326 g/mol. The highest BCUT2D eigenvalue weighted by atomic mass is 31.0. The van der Waals surface area contributed by atoms with Gasteiger partial charge in [0.2, 0.25) is 0 Å². The Balaban J connectivity index is 1.89. The van der Waals surface area contributed by atoms with Crippen LogP contribution < -0.4 is 0 Å². The Morgan fingerprint density at radius 1 is 0.909 bits per heavy atom. The normalized spacial score (nSPS) is 63.5. The Morgan fingerprint density at radius 2 is 1.45 bits per heavy atom. The summed E-state index contributed by atoms with van der Waals surface area (Å²) in [7, 11) is 3.04. The quantitative estimate of drug-likeness (QED) is 0.715. The first-order valence-corrected chi connectivity index (χ1v) is 9.73. The molecule has 5 fully saturated rings. The lowest BCUT2D eigenvalue weighted by atomic mass is 9.48. The van der Waals surface area contributed by atoms with E-state index in [1.807, 2.05) is 0 Å². The summed E-state index contributed by atoms with van der Waals surface area (Å²) in [6.07, 6.45) is 6.71. The van der Waals surface area contributed by atoms with Gasteiger partial charge < -0.3 is 14.2 Å². The Morgan fingerprint density at radius 3 is 1.86 bits per heavy atom. The van der Waals surface area contributed by atoms with Crippen LogP contribution in [0, 0.1) is 17.3 Å². The van der Waals surface area contributed by atoms with E-state index in [1.54, 1.807) is 0 Å². The van der Waals surface area contributed by atoms with Gasteiger partial charge >= 0.3 is 0 Å². The highest BCUT2D eigenvalue weighted by Crippen LogP contribution is 2.71. The second-order valence-corrected chi connectivity index (χ2v) is 9.49. The zero-order valence-electron chi connectivity index (χ0n) is 14.7. The van der Waals surface area contributed by atoms with Crippen LogP contribution in [-0.4, -0.2) is 28.9 Å². The average Bonchev–Trinajstić information content (AvgIpc) is 2.70. The molecule has 0 aromatic carbocycles. The van der Waals surface area contributed by atoms with Crippen molar-refractivity contribution in [3.8, 4) is 0 Å². The van der Waals surface area contributed by atoms with Gasteiger partial charge in [0, 0.05) is 18.3 Å². The summed E-state index contributed by atoms with van der Waals surface area (Å²) in [4.78, 5) is 0. The molecule has 0 radical (unpaired) electrons. The minimum absolute atomic E-state index is 0.0589. The fourth-order valence-electron chi connectivity index (χ4n) is 7.20. The highest BCUT2D eigenvalue weighted by Gasteiger charge is 2.78. The van der Waals surface area contributed by atoms with Crippen LogP contribution in [0.25, 0.3) is 0 Å². The Bertz CT molecular complexity index is 461. The summed E-state index contributed by atoms with van der Waals surface area (Å²) in [6.45, 7) is 11.3. The first kappa shape index (κ1) is 15.8. The zero-order valence-corrected chi connectivity index (χ0v) is 15.9. The molecule has 7 unspecified atom stereocenters. The maximum atomic E-state index is 6.68. The van der Waals surface area contributed by atoms with Crippen molar-refractivity contribution in [1.29, 1.82) is 0 Å². The highest BCUT2D eigenvalue weighted by molar-refractivity contribution is 7.16. The van der Waals surface area contributed by atoms with Crippen molar-refractivity contribution in [2.75, 3.05) is 6.16 Å². The molecule has 0 aromatic rings. The Hall–Kier alpha value is 0.310. The minimum Gasteiger partial charge on any atom is -0.343 e. The summed E-state index contributed by atoms with van der Waals surface area (Å²) in [6, 6.07) is 0. The molecule has 0 spiro atoms. The number of rotatable bonds is 2. The predicted octanol–water partition coefficient (Wildman–Crippen LogP) is 4.10. The van der Waals surface area contributed by atoms with Gasteiger partial charge in [-0.2, -0.15) is 0 Å². The largest absolute Gasteiger partial charge is 0.343 e. The van der Waals surface area contributed by atoms with Crippen LogP contribution in [-0.2, 0) is 14.2 Å². The standard InChI is InChI=1S/C18H31O3P/c1-12-7-6-8-13(12)18(11-22)14(2)9-16(4)20-15(18,3)10-17(5,19-14)21-16/h12-13H,6-11,22H2,1-5H3. The third-order valence-corrected chi connectivity index (χ3v) is 7.98. The molecular formula is C18H31O3P. The van der Waals surface area contributed by atoms with E-state index < -0.39 is 11.6 Å². The second kappa shape index (κ2) is 4.28. The molecule has 126 valence electrons. The van der Waals surface area contributed by atoms with E-state index >= 15 is 0 Å².